The highest BCUT2D eigenvalue weighted by molar-refractivity contribution is 5.87. The van der Waals surface area contributed by atoms with E-state index in [1.54, 1.807) is 6.92 Å². The van der Waals surface area contributed by atoms with Crippen LogP contribution in [0.3, 0.4) is 0 Å². The fourth-order valence-corrected chi connectivity index (χ4v) is 3.73. The van der Waals surface area contributed by atoms with Gasteiger partial charge in [0.2, 0.25) is 0 Å². The standard InChI is InChI=1S/C16H28O2/c1-7-8-16(18-14(17)12(2)3)10-13(4)9-15(5,6)11-16/h13H,2,7-11H2,1,3-6H3. The highest BCUT2D eigenvalue weighted by Crippen LogP contribution is 2.47. The van der Waals surface area contributed by atoms with Crippen molar-refractivity contribution in [3.63, 3.8) is 0 Å². The minimum absolute atomic E-state index is 0.228. The van der Waals surface area contributed by atoms with Gasteiger partial charge in [-0.05, 0) is 43.9 Å². The van der Waals surface area contributed by atoms with Gasteiger partial charge in [-0.2, -0.15) is 0 Å². The fourth-order valence-electron chi connectivity index (χ4n) is 3.73. The molecule has 0 radical (unpaired) electrons. The molecule has 18 heavy (non-hydrogen) atoms. The molecule has 0 bridgehead atoms. The van der Waals surface area contributed by atoms with Crippen molar-refractivity contribution in [1.82, 2.24) is 0 Å². The zero-order valence-electron chi connectivity index (χ0n) is 12.6. The summed E-state index contributed by atoms with van der Waals surface area (Å²) in [4.78, 5) is 11.9. The van der Waals surface area contributed by atoms with Crippen LogP contribution in [0, 0.1) is 11.3 Å². The van der Waals surface area contributed by atoms with Crippen LogP contribution in [0.15, 0.2) is 12.2 Å². The van der Waals surface area contributed by atoms with Gasteiger partial charge in [0.05, 0.1) is 0 Å². The largest absolute Gasteiger partial charge is 0.456 e. The Kier molecular flexibility index (Phi) is 4.63. The molecule has 1 rings (SSSR count). The van der Waals surface area contributed by atoms with Crippen LogP contribution in [-0.4, -0.2) is 11.6 Å². The van der Waals surface area contributed by atoms with Crippen LogP contribution in [0.1, 0.15) is 66.7 Å². The molecule has 1 saturated carbocycles. The Balaban J connectivity index is 2.91. The molecular weight excluding hydrogens is 224 g/mol. The van der Waals surface area contributed by atoms with Gasteiger partial charge in [0.25, 0.3) is 0 Å². The maximum atomic E-state index is 11.9. The molecule has 1 fully saturated rings. The highest BCUT2D eigenvalue weighted by atomic mass is 16.6. The van der Waals surface area contributed by atoms with E-state index in [1.807, 2.05) is 0 Å². The van der Waals surface area contributed by atoms with Gasteiger partial charge in [-0.3, -0.25) is 0 Å². The van der Waals surface area contributed by atoms with E-state index in [0.29, 0.717) is 11.5 Å². The van der Waals surface area contributed by atoms with Crippen LogP contribution < -0.4 is 0 Å². The second-order valence-electron chi connectivity index (χ2n) is 6.96. The molecule has 1 aliphatic rings. The molecule has 2 atom stereocenters. The minimum atomic E-state index is -0.272. The van der Waals surface area contributed by atoms with E-state index < -0.39 is 0 Å². The van der Waals surface area contributed by atoms with E-state index in [-0.39, 0.29) is 17.0 Å². The Bertz CT molecular complexity index is 330. The molecule has 2 heteroatoms. The van der Waals surface area contributed by atoms with Gasteiger partial charge >= 0.3 is 5.97 Å². The summed E-state index contributed by atoms with van der Waals surface area (Å²) >= 11 is 0. The average Bonchev–Trinajstić information content (AvgIpc) is 2.13. The average molecular weight is 252 g/mol. The van der Waals surface area contributed by atoms with Gasteiger partial charge in [-0.15, -0.1) is 0 Å². The molecular formula is C16H28O2. The normalized spacial score (nSPS) is 30.8. The molecule has 0 aromatic rings. The smallest absolute Gasteiger partial charge is 0.333 e. The Labute approximate surface area is 112 Å². The van der Waals surface area contributed by atoms with E-state index in [9.17, 15) is 4.79 Å². The lowest BCUT2D eigenvalue weighted by molar-refractivity contribution is -0.166. The molecule has 2 nitrogen and oxygen atoms in total. The molecule has 0 saturated heterocycles. The molecule has 0 heterocycles. The van der Waals surface area contributed by atoms with Crippen molar-refractivity contribution in [2.45, 2.75) is 72.3 Å². The number of rotatable bonds is 4. The maximum absolute atomic E-state index is 11.9. The maximum Gasteiger partial charge on any atom is 0.333 e. The van der Waals surface area contributed by atoms with Crippen molar-refractivity contribution >= 4 is 5.97 Å². The summed E-state index contributed by atoms with van der Waals surface area (Å²) in [6.07, 6.45) is 5.18. The first kappa shape index (κ1) is 15.3. The Morgan fingerprint density at radius 3 is 2.44 bits per heavy atom. The van der Waals surface area contributed by atoms with Crippen molar-refractivity contribution in [3.8, 4) is 0 Å². The van der Waals surface area contributed by atoms with Crippen LogP contribution in [0.2, 0.25) is 0 Å². The van der Waals surface area contributed by atoms with Gasteiger partial charge in [0.1, 0.15) is 5.60 Å². The number of hydrogen-bond acceptors (Lipinski definition) is 2. The first-order chi connectivity index (χ1) is 8.20. The zero-order chi connectivity index (χ0) is 14.0. The molecule has 0 aromatic heterocycles. The highest BCUT2D eigenvalue weighted by Gasteiger charge is 2.45. The molecule has 0 aliphatic heterocycles. The third-order valence-corrected chi connectivity index (χ3v) is 3.79. The number of esters is 1. The predicted molar refractivity (Wildman–Crippen MR) is 75.3 cm³/mol. The van der Waals surface area contributed by atoms with Crippen molar-refractivity contribution in [3.05, 3.63) is 12.2 Å². The third-order valence-electron chi connectivity index (χ3n) is 3.79. The number of carbonyl (C=O) groups excluding carboxylic acids is 1. The van der Waals surface area contributed by atoms with Gasteiger partial charge in [-0.1, -0.05) is 40.7 Å². The van der Waals surface area contributed by atoms with E-state index in [0.717, 1.165) is 25.7 Å². The van der Waals surface area contributed by atoms with Crippen LogP contribution in [0.25, 0.3) is 0 Å². The second-order valence-corrected chi connectivity index (χ2v) is 6.96. The van der Waals surface area contributed by atoms with Crippen LogP contribution >= 0.6 is 0 Å². The molecule has 1 aliphatic carbocycles. The number of carbonyl (C=O) groups is 1. The lowest BCUT2D eigenvalue weighted by Gasteiger charge is -2.47. The van der Waals surface area contributed by atoms with Crippen molar-refractivity contribution in [1.29, 1.82) is 0 Å². The quantitative estimate of drug-likeness (QED) is 0.544. The summed E-state index contributed by atoms with van der Waals surface area (Å²) in [5.74, 6) is 0.381. The number of ether oxygens (including phenoxy) is 1. The summed E-state index contributed by atoms with van der Waals surface area (Å²) < 4.78 is 5.85. The van der Waals surface area contributed by atoms with Gasteiger partial charge in [0, 0.05) is 5.57 Å². The minimum Gasteiger partial charge on any atom is -0.456 e. The van der Waals surface area contributed by atoms with Crippen LogP contribution in [-0.2, 0) is 9.53 Å². The Morgan fingerprint density at radius 2 is 2.00 bits per heavy atom. The zero-order valence-corrected chi connectivity index (χ0v) is 12.6. The monoisotopic (exact) mass is 252 g/mol. The molecule has 2 unspecified atom stereocenters. The lowest BCUT2D eigenvalue weighted by Crippen LogP contribution is -2.45. The first-order valence-electron chi connectivity index (χ1n) is 7.08. The molecule has 0 N–H and O–H groups in total. The van der Waals surface area contributed by atoms with Gasteiger partial charge in [0.15, 0.2) is 0 Å². The molecule has 0 spiro atoms. The van der Waals surface area contributed by atoms with Crippen molar-refractivity contribution in [2.75, 3.05) is 0 Å². The van der Waals surface area contributed by atoms with Crippen LogP contribution in [0.4, 0.5) is 0 Å². The summed E-state index contributed by atoms with van der Waals surface area (Å²) in [6.45, 7) is 14.4. The summed E-state index contributed by atoms with van der Waals surface area (Å²) in [5, 5.41) is 0. The van der Waals surface area contributed by atoms with Gasteiger partial charge < -0.3 is 4.74 Å². The SMILES string of the molecule is C=C(C)C(=O)OC1(CCC)CC(C)CC(C)(C)C1. The second kappa shape index (κ2) is 5.46. The summed E-state index contributed by atoms with van der Waals surface area (Å²) in [6, 6.07) is 0. The topological polar surface area (TPSA) is 26.3 Å². The fraction of sp³-hybridized carbons (Fsp3) is 0.812. The Hall–Kier alpha value is -0.790. The van der Waals surface area contributed by atoms with Crippen molar-refractivity contribution < 1.29 is 9.53 Å². The third kappa shape index (κ3) is 3.86. The van der Waals surface area contributed by atoms with Crippen molar-refractivity contribution in [2.24, 2.45) is 11.3 Å². The first-order valence-corrected chi connectivity index (χ1v) is 7.08. The van der Waals surface area contributed by atoms with E-state index in [4.69, 9.17) is 4.74 Å². The van der Waals surface area contributed by atoms with Crippen LogP contribution in [0.5, 0.6) is 0 Å². The van der Waals surface area contributed by atoms with E-state index in [2.05, 4.69) is 34.3 Å². The predicted octanol–water partition coefficient (Wildman–Crippen LogP) is 4.49. The van der Waals surface area contributed by atoms with Gasteiger partial charge in [-0.25, -0.2) is 4.79 Å². The van der Waals surface area contributed by atoms with E-state index in [1.165, 1.54) is 6.42 Å². The summed E-state index contributed by atoms with van der Waals surface area (Å²) in [7, 11) is 0. The molecule has 104 valence electrons. The summed E-state index contributed by atoms with van der Waals surface area (Å²) in [5.41, 5.74) is 0.482. The molecule has 0 amide bonds. The lowest BCUT2D eigenvalue weighted by atomic mass is 9.64. The molecule has 0 aromatic carbocycles. The Morgan fingerprint density at radius 1 is 1.39 bits per heavy atom. The van der Waals surface area contributed by atoms with E-state index >= 15 is 0 Å². The number of hydrogen-bond donors (Lipinski definition) is 0.